The fourth-order valence-corrected chi connectivity index (χ4v) is 6.09. The number of allylic oxidation sites excluding steroid dienone is 7. The van der Waals surface area contributed by atoms with Crippen LogP contribution < -0.4 is 16.0 Å². The summed E-state index contributed by atoms with van der Waals surface area (Å²) < 4.78 is 26.5. The van der Waals surface area contributed by atoms with E-state index in [1.807, 2.05) is 36.6 Å². The molecule has 4 aliphatic rings. The number of ether oxygens (including phenoxy) is 2. The van der Waals surface area contributed by atoms with E-state index in [4.69, 9.17) is 9.47 Å². The molecule has 2 amide bonds. The summed E-state index contributed by atoms with van der Waals surface area (Å²) in [5, 5.41) is 8.96. The summed E-state index contributed by atoms with van der Waals surface area (Å²) in [6, 6.07) is 11.0. The lowest BCUT2D eigenvalue weighted by Crippen LogP contribution is -2.39. The largest absolute Gasteiger partial charge is 0.445 e. The molecular formula is C36H34FN5O4S. The second kappa shape index (κ2) is 14.7. The van der Waals surface area contributed by atoms with Crippen molar-refractivity contribution in [2.24, 2.45) is 15.4 Å². The molecule has 9 nitrogen and oxygen atoms in total. The highest BCUT2D eigenvalue weighted by molar-refractivity contribution is 7.14. The Balaban J connectivity index is 1.12. The Morgan fingerprint density at radius 3 is 2.74 bits per heavy atom. The summed E-state index contributed by atoms with van der Waals surface area (Å²) in [6.07, 6.45) is 14.6. The first-order chi connectivity index (χ1) is 22.9. The van der Waals surface area contributed by atoms with Gasteiger partial charge in [0.25, 0.3) is 0 Å². The first-order valence-electron chi connectivity index (χ1n) is 15.3. The Bertz CT molecular complexity index is 1840. The van der Waals surface area contributed by atoms with Gasteiger partial charge in [-0.3, -0.25) is 19.6 Å². The lowest BCUT2D eigenvalue weighted by atomic mass is 10.0. The van der Waals surface area contributed by atoms with Gasteiger partial charge in [-0.2, -0.15) is 0 Å². The molecule has 0 saturated heterocycles. The van der Waals surface area contributed by atoms with Crippen molar-refractivity contribution in [1.29, 1.82) is 0 Å². The van der Waals surface area contributed by atoms with E-state index in [-0.39, 0.29) is 18.1 Å². The number of amides is 2. The van der Waals surface area contributed by atoms with Gasteiger partial charge >= 0.3 is 0 Å². The van der Waals surface area contributed by atoms with Gasteiger partial charge in [0.05, 0.1) is 18.8 Å². The van der Waals surface area contributed by atoms with E-state index in [0.717, 1.165) is 22.6 Å². The maximum absolute atomic E-state index is 15.3. The molecule has 6 rings (SSSR count). The molecular weight excluding hydrogens is 617 g/mol. The number of para-hydroxylation sites is 1. The zero-order valence-corrected chi connectivity index (χ0v) is 26.7. The average molecular weight is 652 g/mol. The number of fused-ring (bicyclic) bond motifs is 1. The summed E-state index contributed by atoms with van der Waals surface area (Å²) in [5.41, 5.74) is 5.72. The number of hydrogen-bond acceptors (Lipinski definition) is 8. The standard InChI is InChI=1S/C36H34FN5O4S/c1-45-19-18-38-21-24-9-10-25(23-39-22-24)32-20-29-33(47-32)31(8-5-17-40-29)46-30-14-12-27(11-13-28(30)37)42-35(44)36(15-16-36)34(43)41-26-6-3-2-4-7-26/h2-7,9-12,14,17,20,22,38H,13,15-16,18-19,21,23H2,1H3,(H,41,43)(H,42,44). The maximum Gasteiger partial charge on any atom is 0.240 e. The highest BCUT2D eigenvalue weighted by Crippen LogP contribution is 2.47. The van der Waals surface area contributed by atoms with Crippen molar-refractivity contribution in [2.75, 3.05) is 38.7 Å². The van der Waals surface area contributed by atoms with Crippen molar-refractivity contribution in [2.45, 2.75) is 19.3 Å². The first kappa shape index (κ1) is 32.0. The molecule has 1 aromatic heterocycles. The first-order valence-corrected chi connectivity index (χ1v) is 16.1. The normalized spacial score (nSPS) is 17.7. The van der Waals surface area contributed by atoms with Crippen LogP contribution in [0.15, 0.2) is 111 Å². The molecule has 3 heterocycles. The number of nitrogens with zero attached hydrogens (tertiary/aromatic N) is 2. The molecule has 47 heavy (non-hydrogen) atoms. The minimum atomic E-state index is -1.15. The smallest absolute Gasteiger partial charge is 0.240 e. The Morgan fingerprint density at radius 2 is 1.94 bits per heavy atom. The Morgan fingerprint density at radius 1 is 1.11 bits per heavy atom. The lowest BCUT2D eigenvalue weighted by molar-refractivity contribution is -0.133. The van der Waals surface area contributed by atoms with Crippen LogP contribution in [0.3, 0.4) is 0 Å². The molecule has 0 atom stereocenters. The summed E-state index contributed by atoms with van der Waals surface area (Å²) in [4.78, 5) is 37.0. The number of halogens is 1. The minimum absolute atomic E-state index is 0.000940. The second-order valence-electron chi connectivity index (χ2n) is 11.2. The molecule has 2 aromatic rings. The van der Waals surface area contributed by atoms with Crippen LogP contribution in [0, 0.1) is 5.41 Å². The van der Waals surface area contributed by atoms with E-state index < -0.39 is 17.1 Å². The van der Waals surface area contributed by atoms with E-state index in [9.17, 15) is 9.59 Å². The molecule has 1 saturated carbocycles. The van der Waals surface area contributed by atoms with Crippen LogP contribution in [0.2, 0.25) is 0 Å². The van der Waals surface area contributed by atoms with Gasteiger partial charge in [-0.25, -0.2) is 4.39 Å². The zero-order chi connectivity index (χ0) is 32.6. The number of thiophene rings is 1. The third-order valence-electron chi connectivity index (χ3n) is 7.87. The molecule has 0 radical (unpaired) electrons. The molecule has 240 valence electrons. The average Bonchev–Trinajstić information content (AvgIpc) is 3.89. The number of anilines is 1. The van der Waals surface area contributed by atoms with Gasteiger partial charge in [-0.05, 0) is 54.3 Å². The third-order valence-corrected chi connectivity index (χ3v) is 9.07. The van der Waals surface area contributed by atoms with Gasteiger partial charge in [0, 0.05) is 61.4 Å². The highest BCUT2D eigenvalue weighted by Gasteiger charge is 2.56. The second-order valence-corrected chi connectivity index (χ2v) is 12.3. The molecule has 2 aliphatic heterocycles. The van der Waals surface area contributed by atoms with Crippen LogP contribution in [0.25, 0.3) is 11.3 Å². The van der Waals surface area contributed by atoms with Crippen molar-refractivity contribution in [3.8, 4) is 0 Å². The highest BCUT2D eigenvalue weighted by atomic mass is 32.1. The molecule has 1 aromatic carbocycles. The van der Waals surface area contributed by atoms with Crippen molar-refractivity contribution in [3.05, 3.63) is 111 Å². The lowest BCUT2D eigenvalue weighted by Gasteiger charge is -2.16. The molecule has 11 heteroatoms. The van der Waals surface area contributed by atoms with E-state index in [2.05, 4.69) is 37.7 Å². The molecule has 3 N–H and O–H groups in total. The van der Waals surface area contributed by atoms with Crippen LogP contribution in [-0.4, -0.2) is 57.6 Å². The Labute approximate surface area is 276 Å². The number of nitrogens with one attached hydrogen (secondary N) is 3. The molecule has 1 fully saturated rings. The van der Waals surface area contributed by atoms with Crippen LogP contribution in [0.1, 0.15) is 29.0 Å². The van der Waals surface area contributed by atoms with Gasteiger partial charge in [0.1, 0.15) is 16.1 Å². The Kier molecular flexibility index (Phi) is 9.99. The van der Waals surface area contributed by atoms with Gasteiger partial charge < -0.3 is 25.4 Å². The fourth-order valence-electron chi connectivity index (χ4n) is 5.03. The quantitative estimate of drug-likeness (QED) is 0.144. The predicted octanol–water partition coefficient (Wildman–Crippen LogP) is 6.17. The van der Waals surface area contributed by atoms with Crippen LogP contribution in [0.4, 0.5) is 15.8 Å². The summed E-state index contributed by atoms with van der Waals surface area (Å²) >= 11 is 1.48. The summed E-state index contributed by atoms with van der Waals surface area (Å²) in [7, 11) is 1.67. The van der Waals surface area contributed by atoms with Gasteiger partial charge in [0.2, 0.25) is 11.8 Å². The van der Waals surface area contributed by atoms with Gasteiger partial charge in [-0.1, -0.05) is 42.2 Å². The van der Waals surface area contributed by atoms with Crippen LogP contribution in [0.5, 0.6) is 0 Å². The molecule has 0 unspecified atom stereocenters. The number of hydrogen-bond donors (Lipinski definition) is 3. The maximum atomic E-state index is 15.3. The summed E-state index contributed by atoms with van der Waals surface area (Å²) in [5.74, 6) is -0.953. The van der Waals surface area contributed by atoms with Gasteiger partial charge in [-0.15, -0.1) is 11.3 Å². The predicted molar refractivity (Wildman–Crippen MR) is 184 cm³/mol. The topological polar surface area (TPSA) is 113 Å². The van der Waals surface area contributed by atoms with E-state index >= 15 is 4.39 Å². The zero-order valence-electron chi connectivity index (χ0n) is 25.8. The van der Waals surface area contributed by atoms with E-state index in [1.165, 1.54) is 17.4 Å². The minimum Gasteiger partial charge on any atom is -0.445 e. The number of aliphatic imine (C=N–C) groups is 2. The fraction of sp³-hybridized carbons (Fsp3) is 0.250. The molecule has 2 aliphatic carbocycles. The van der Waals surface area contributed by atoms with Crippen molar-refractivity contribution < 1.29 is 23.5 Å². The third kappa shape index (κ3) is 7.73. The molecule has 0 spiro atoms. The SMILES string of the molecule is COCCNCC1=CC=C(c2cc3c(s2)C(OC2=C(F)CC=C(NC(=O)C4(C(=O)Nc5ccccc5)CC4)C=C2)=C=CC=N3)CN=C1. The van der Waals surface area contributed by atoms with E-state index in [1.54, 1.807) is 43.7 Å². The Hall–Kier alpha value is -4.93. The van der Waals surface area contributed by atoms with Gasteiger partial charge in [0.15, 0.2) is 11.5 Å². The van der Waals surface area contributed by atoms with Crippen molar-refractivity contribution in [3.63, 3.8) is 0 Å². The van der Waals surface area contributed by atoms with Crippen molar-refractivity contribution in [1.82, 2.24) is 10.6 Å². The van der Waals surface area contributed by atoms with Crippen molar-refractivity contribution >= 4 is 58.3 Å². The van der Waals surface area contributed by atoms with Crippen LogP contribution >= 0.6 is 11.3 Å². The molecule has 0 bridgehead atoms. The number of benzene rings is 1. The number of methoxy groups -OCH3 is 1. The summed E-state index contributed by atoms with van der Waals surface area (Å²) in [6.45, 7) is 2.59. The number of carbonyl (C=O) groups is 2. The number of rotatable bonds is 12. The van der Waals surface area contributed by atoms with Crippen LogP contribution in [-0.2, 0) is 19.1 Å². The number of carbonyl (C=O) groups excluding carboxylic acids is 2. The monoisotopic (exact) mass is 651 g/mol. The van der Waals surface area contributed by atoms with E-state index in [0.29, 0.717) is 60.2 Å².